The second-order valence-electron chi connectivity index (χ2n) is 6.22. The number of H-pyrrole nitrogens is 1. The molecule has 6 heteroatoms. The van der Waals surface area contributed by atoms with Crippen molar-refractivity contribution in [3.63, 3.8) is 0 Å². The average Bonchev–Trinajstić information content (AvgIpc) is 3.21. The van der Waals surface area contributed by atoms with E-state index in [4.69, 9.17) is 0 Å². The second kappa shape index (κ2) is 5.53. The molecule has 0 saturated carbocycles. The Morgan fingerprint density at radius 1 is 1.48 bits per heavy atom. The lowest BCUT2D eigenvalue weighted by molar-refractivity contribution is 0.0766. The van der Waals surface area contributed by atoms with Crippen molar-refractivity contribution in [1.82, 2.24) is 24.6 Å². The van der Waals surface area contributed by atoms with E-state index < -0.39 is 0 Å². The molecule has 118 valence electrons. The zero-order chi connectivity index (χ0) is 15.8. The van der Waals surface area contributed by atoms with Gasteiger partial charge in [0, 0.05) is 44.3 Å². The summed E-state index contributed by atoms with van der Waals surface area (Å²) in [4.78, 5) is 19.0. The molecular weight excluding hydrogens is 290 g/mol. The Balaban J connectivity index is 1.50. The van der Waals surface area contributed by atoms with Crippen LogP contribution in [-0.2, 0) is 13.0 Å². The average molecular weight is 309 g/mol. The first-order chi connectivity index (χ1) is 11.2. The predicted octanol–water partition coefficient (Wildman–Crippen LogP) is 2.09. The molecule has 23 heavy (non-hydrogen) atoms. The SMILES string of the molecule is CN(C[C@H]1CCn2ccnc2C1)C(=O)c1cccc2[nH]ncc12. The molecule has 4 rings (SSSR count). The monoisotopic (exact) mass is 309 g/mol. The standard InChI is InChI=1S/C17H19N5O/c1-21(11-12-5-7-22-8-6-18-16(22)9-12)17(23)13-3-2-4-15-14(13)10-19-20-15/h2-4,6,8,10,12H,5,7,9,11H2,1H3,(H,19,20)/t12-/m0/s1. The van der Waals surface area contributed by atoms with E-state index in [0.717, 1.165) is 42.7 Å². The summed E-state index contributed by atoms with van der Waals surface area (Å²) < 4.78 is 2.20. The molecule has 6 nitrogen and oxygen atoms in total. The van der Waals surface area contributed by atoms with Crippen molar-refractivity contribution < 1.29 is 4.79 Å². The second-order valence-corrected chi connectivity index (χ2v) is 6.22. The lowest BCUT2D eigenvalue weighted by Crippen LogP contribution is -2.35. The molecule has 0 unspecified atom stereocenters. The minimum absolute atomic E-state index is 0.0471. The number of aromatic nitrogens is 4. The molecule has 1 N–H and O–H groups in total. The molecule has 1 aliphatic heterocycles. The first-order valence-corrected chi connectivity index (χ1v) is 7.90. The molecule has 0 fully saturated rings. The fourth-order valence-corrected chi connectivity index (χ4v) is 3.40. The largest absolute Gasteiger partial charge is 0.341 e. The van der Waals surface area contributed by atoms with Gasteiger partial charge < -0.3 is 9.47 Å². The van der Waals surface area contributed by atoms with Gasteiger partial charge in [-0.25, -0.2) is 4.98 Å². The Hall–Kier alpha value is -2.63. The van der Waals surface area contributed by atoms with Gasteiger partial charge in [0.25, 0.3) is 5.91 Å². The van der Waals surface area contributed by atoms with Gasteiger partial charge in [-0.15, -0.1) is 0 Å². The predicted molar refractivity (Wildman–Crippen MR) is 87.1 cm³/mol. The number of aromatic amines is 1. The number of carbonyl (C=O) groups is 1. The molecule has 0 bridgehead atoms. The van der Waals surface area contributed by atoms with Crippen LogP contribution in [0.2, 0.25) is 0 Å². The zero-order valence-electron chi connectivity index (χ0n) is 13.1. The number of nitrogens with zero attached hydrogens (tertiary/aromatic N) is 4. The van der Waals surface area contributed by atoms with E-state index in [0.29, 0.717) is 11.5 Å². The van der Waals surface area contributed by atoms with Crippen molar-refractivity contribution in [3.05, 3.63) is 48.2 Å². The lowest BCUT2D eigenvalue weighted by atomic mass is 9.97. The fraction of sp³-hybridized carbons (Fsp3) is 0.353. The van der Waals surface area contributed by atoms with Gasteiger partial charge in [0.15, 0.2) is 0 Å². The smallest absolute Gasteiger partial charge is 0.254 e. The Bertz CT molecular complexity index is 849. The van der Waals surface area contributed by atoms with Crippen LogP contribution in [0.15, 0.2) is 36.8 Å². The highest BCUT2D eigenvalue weighted by Crippen LogP contribution is 2.22. The van der Waals surface area contributed by atoms with E-state index in [9.17, 15) is 4.79 Å². The molecule has 1 atom stereocenters. The van der Waals surface area contributed by atoms with Gasteiger partial charge in [0.2, 0.25) is 0 Å². The number of hydrogen-bond donors (Lipinski definition) is 1. The van der Waals surface area contributed by atoms with Gasteiger partial charge in [0.05, 0.1) is 17.3 Å². The van der Waals surface area contributed by atoms with E-state index >= 15 is 0 Å². The number of fused-ring (bicyclic) bond motifs is 2. The third kappa shape index (κ3) is 2.50. The number of nitrogens with one attached hydrogen (secondary N) is 1. The minimum Gasteiger partial charge on any atom is -0.341 e. The maximum absolute atomic E-state index is 12.8. The lowest BCUT2D eigenvalue weighted by Gasteiger charge is -2.28. The highest BCUT2D eigenvalue weighted by atomic mass is 16.2. The van der Waals surface area contributed by atoms with Crippen LogP contribution in [0.25, 0.3) is 10.9 Å². The van der Waals surface area contributed by atoms with E-state index in [2.05, 4.69) is 19.7 Å². The van der Waals surface area contributed by atoms with E-state index in [1.54, 1.807) is 6.20 Å². The Morgan fingerprint density at radius 2 is 2.39 bits per heavy atom. The van der Waals surface area contributed by atoms with Crippen LogP contribution < -0.4 is 0 Å². The molecule has 3 heterocycles. The number of aryl methyl sites for hydroxylation is 1. The molecule has 2 aromatic heterocycles. The van der Waals surface area contributed by atoms with E-state index in [1.807, 2.05) is 42.5 Å². The van der Waals surface area contributed by atoms with Gasteiger partial charge in [-0.05, 0) is 24.5 Å². The molecule has 0 saturated heterocycles. The molecule has 0 radical (unpaired) electrons. The van der Waals surface area contributed by atoms with Crippen LogP contribution in [0.1, 0.15) is 22.6 Å². The Morgan fingerprint density at radius 3 is 3.30 bits per heavy atom. The van der Waals surface area contributed by atoms with Crippen molar-refractivity contribution in [2.75, 3.05) is 13.6 Å². The zero-order valence-corrected chi connectivity index (χ0v) is 13.1. The fourth-order valence-electron chi connectivity index (χ4n) is 3.40. The van der Waals surface area contributed by atoms with Crippen LogP contribution in [0.5, 0.6) is 0 Å². The van der Waals surface area contributed by atoms with E-state index in [-0.39, 0.29) is 5.91 Å². The Kier molecular flexibility index (Phi) is 3.37. The van der Waals surface area contributed by atoms with Crippen LogP contribution in [-0.4, -0.2) is 44.1 Å². The Labute approximate surface area is 134 Å². The van der Waals surface area contributed by atoms with Crippen molar-refractivity contribution in [2.45, 2.75) is 19.4 Å². The first-order valence-electron chi connectivity index (χ1n) is 7.90. The summed E-state index contributed by atoms with van der Waals surface area (Å²) in [5.41, 5.74) is 1.60. The van der Waals surface area contributed by atoms with Gasteiger partial charge in [-0.3, -0.25) is 9.89 Å². The molecule has 0 aliphatic carbocycles. The van der Waals surface area contributed by atoms with Gasteiger partial charge in [-0.2, -0.15) is 5.10 Å². The van der Waals surface area contributed by atoms with Crippen LogP contribution in [0, 0.1) is 5.92 Å². The summed E-state index contributed by atoms with van der Waals surface area (Å²) in [5.74, 6) is 1.63. The molecule has 1 aromatic carbocycles. The van der Waals surface area contributed by atoms with Crippen molar-refractivity contribution >= 4 is 16.8 Å². The summed E-state index contributed by atoms with van der Waals surface area (Å²) in [7, 11) is 1.88. The number of carbonyl (C=O) groups excluding carboxylic acids is 1. The quantitative estimate of drug-likeness (QED) is 0.805. The third-order valence-corrected chi connectivity index (χ3v) is 4.65. The molecular formula is C17H19N5O. The van der Waals surface area contributed by atoms with Crippen LogP contribution in [0.4, 0.5) is 0 Å². The molecule has 1 aliphatic rings. The minimum atomic E-state index is 0.0471. The highest BCUT2D eigenvalue weighted by Gasteiger charge is 2.23. The van der Waals surface area contributed by atoms with Gasteiger partial charge in [0.1, 0.15) is 5.82 Å². The van der Waals surface area contributed by atoms with Crippen molar-refractivity contribution in [2.24, 2.45) is 5.92 Å². The number of imidazole rings is 1. The van der Waals surface area contributed by atoms with Crippen LogP contribution >= 0.6 is 0 Å². The summed E-state index contributed by atoms with van der Waals surface area (Å²) in [6.45, 7) is 1.74. The number of hydrogen-bond acceptors (Lipinski definition) is 3. The highest BCUT2D eigenvalue weighted by molar-refractivity contribution is 6.05. The molecule has 3 aromatic rings. The maximum Gasteiger partial charge on any atom is 0.254 e. The molecule has 0 spiro atoms. The first kappa shape index (κ1) is 14.0. The summed E-state index contributed by atoms with van der Waals surface area (Å²) >= 11 is 0. The number of rotatable bonds is 3. The number of amides is 1. The summed E-state index contributed by atoms with van der Waals surface area (Å²) in [6, 6.07) is 5.68. The topological polar surface area (TPSA) is 66.8 Å². The van der Waals surface area contributed by atoms with Crippen LogP contribution in [0.3, 0.4) is 0 Å². The summed E-state index contributed by atoms with van der Waals surface area (Å²) in [5, 5.41) is 7.82. The van der Waals surface area contributed by atoms with Crippen molar-refractivity contribution in [1.29, 1.82) is 0 Å². The summed E-state index contributed by atoms with van der Waals surface area (Å²) in [6.07, 6.45) is 7.61. The maximum atomic E-state index is 12.8. The van der Waals surface area contributed by atoms with Gasteiger partial charge >= 0.3 is 0 Å². The number of benzene rings is 1. The van der Waals surface area contributed by atoms with Gasteiger partial charge in [-0.1, -0.05) is 6.07 Å². The molecule has 1 amide bonds. The van der Waals surface area contributed by atoms with E-state index in [1.165, 1.54) is 0 Å². The third-order valence-electron chi connectivity index (χ3n) is 4.65. The van der Waals surface area contributed by atoms with Crippen molar-refractivity contribution in [3.8, 4) is 0 Å². The normalized spacial score (nSPS) is 17.2.